The van der Waals surface area contributed by atoms with Crippen LogP contribution >= 0.6 is 0 Å². The summed E-state index contributed by atoms with van der Waals surface area (Å²) < 4.78 is 5.14. The van der Waals surface area contributed by atoms with Crippen LogP contribution in [0.3, 0.4) is 0 Å². The Balaban J connectivity index is 2.62. The average molecular weight is 251 g/mol. The summed E-state index contributed by atoms with van der Waals surface area (Å²) >= 11 is 0. The molecule has 1 rings (SSSR count). The fraction of sp³-hybridized carbons (Fsp3) is 0.600. The first kappa shape index (κ1) is 14.8. The van der Waals surface area contributed by atoms with Gasteiger partial charge in [0.05, 0.1) is 13.2 Å². The maximum atomic E-state index is 9.54. The molecule has 0 aliphatic heterocycles. The molecule has 3 heteroatoms. The minimum atomic E-state index is -0.278. The highest BCUT2D eigenvalue weighted by Crippen LogP contribution is 2.19. The van der Waals surface area contributed by atoms with E-state index >= 15 is 0 Å². The van der Waals surface area contributed by atoms with Crippen molar-refractivity contribution in [3.63, 3.8) is 0 Å². The molecule has 18 heavy (non-hydrogen) atoms. The Labute approximate surface area is 110 Å². The molecular weight excluding hydrogens is 226 g/mol. The van der Waals surface area contributed by atoms with Gasteiger partial charge in [0.2, 0.25) is 0 Å². The standard InChI is InChI=1S/C15H25NO2/c1-11(2)9-14(10-12(3)17)16-13-5-7-15(18-4)8-6-13/h5-8,11-12,14,16-17H,9-10H2,1-4H3/t12-,14+/m1/s1. The van der Waals surface area contributed by atoms with Gasteiger partial charge in [-0.25, -0.2) is 0 Å². The molecule has 0 amide bonds. The van der Waals surface area contributed by atoms with Crippen molar-refractivity contribution >= 4 is 5.69 Å². The predicted octanol–water partition coefficient (Wildman–Crippen LogP) is 3.29. The van der Waals surface area contributed by atoms with Crippen LogP contribution in [0.2, 0.25) is 0 Å². The predicted molar refractivity (Wildman–Crippen MR) is 76.2 cm³/mol. The van der Waals surface area contributed by atoms with Gasteiger partial charge in [-0.1, -0.05) is 13.8 Å². The Morgan fingerprint density at radius 1 is 1.11 bits per heavy atom. The van der Waals surface area contributed by atoms with E-state index in [4.69, 9.17) is 4.74 Å². The molecule has 0 spiro atoms. The third kappa shape index (κ3) is 5.41. The van der Waals surface area contributed by atoms with E-state index in [1.807, 2.05) is 31.2 Å². The lowest BCUT2D eigenvalue weighted by molar-refractivity contribution is 0.174. The van der Waals surface area contributed by atoms with Gasteiger partial charge in [0, 0.05) is 11.7 Å². The number of hydrogen-bond donors (Lipinski definition) is 2. The van der Waals surface area contributed by atoms with Crippen LogP contribution in [-0.2, 0) is 0 Å². The number of rotatable bonds is 7. The number of anilines is 1. The maximum Gasteiger partial charge on any atom is 0.119 e. The van der Waals surface area contributed by atoms with E-state index < -0.39 is 0 Å². The molecular formula is C15H25NO2. The molecule has 0 heterocycles. The van der Waals surface area contributed by atoms with E-state index in [0.717, 1.165) is 24.3 Å². The lowest BCUT2D eigenvalue weighted by atomic mass is 9.99. The second kappa shape index (κ2) is 7.27. The van der Waals surface area contributed by atoms with Crippen LogP contribution in [0.15, 0.2) is 24.3 Å². The third-order valence-electron chi connectivity index (χ3n) is 2.84. The highest BCUT2D eigenvalue weighted by atomic mass is 16.5. The summed E-state index contributed by atoms with van der Waals surface area (Å²) in [5, 5.41) is 13.0. The van der Waals surface area contributed by atoms with E-state index in [1.165, 1.54) is 0 Å². The SMILES string of the molecule is COc1ccc(N[C@@H](CC(C)C)C[C@@H](C)O)cc1. The summed E-state index contributed by atoms with van der Waals surface area (Å²) in [4.78, 5) is 0. The maximum absolute atomic E-state index is 9.54. The lowest BCUT2D eigenvalue weighted by Gasteiger charge is -2.23. The van der Waals surface area contributed by atoms with E-state index in [-0.39, 0.29) is 6.10 Å². The molecule has 0 saturated carbocycles. The number of hydrogen-bond acceptors (Lipinski definition) is 3. The molecule has 1 aromatic rings. The van der Waals surface area contributed by atoms with Crippen LogP contribution in [0.4, 0.5) is 5.69 Å². The second-order valence-electron chi connectivity index (χ2n) is 5.28. The average Bonchev–Trinajstić information content (AvgIpc) is 2.28. The quantitative estimate of drug-likeness (QED) is 0.781. The summed E-state index contributed by atoms with van der Waals surface area (Å²) in [6.07, 6.45) is 1.54. The minimum absolute atomic E-state index is 0.278. The van der Waals surface area contributed by atoms with Gasteiger partial charge in [0.15, 0.2) is 0 Å². The Kier molecular flexibility index (Phi) is 5.99. The van der Waals surface area contributed by atoms with Gasteiger partial charge in [-0.2, -0.15) is 0 Å². The molecule has 1 aromatic carbocycles. The number of aliphatic hydroxyl groups excluding tert-OH is 1. The molecule has 102 valence electrons. The van der Waals surface area contributed by atoms with Gasteiger partial charge >= 0.3 is 0 Å². The van der Waals surface area contributed by atoms with Crippen LogP contribution in [0, 0.1) is 5.92 Å². The van der Waals surface area contributed by atoms with Crippen molar-refractivity contribution in [3.8, 4) is 5.75 Å². The Morgan fingerprint density at radius 3 is 2.17 bits per heavy atom. The summed E-state index contributed by atoms with van der Waals surface area (Å²) in [5.74, 6) is 1.47. The summed E-state index contributed by atoms with van der Waals surface area (Å²) in [5.41, 5.74) is 1.07. The first-order valence-electron chi connectivity index (χ1n) is 6.60. The van der Waals surface area contributed by atoms with Gasteiger partial charge in [0.1, 0.15) is 5.75 Å². The topological polar surface area (TPSA) is 41.5 Å². The smallest absolute Gasteiger partial charge is 0.119 e. The minimum Gasteiger partial charge on any atom is -0.497 e. The second-order valence-corrected chi connectivity index (χ2v) is 5.28. The fourth-order valence-corrected chi connectivity index (χ4v) is 2.12. The van der Waals surface area contributed by atoms with E-state index in [2.05, 4.69) is 19.2 Å². The van der Waals surface area contributed by atoms with Gasteiger partial charge in [-0.15, -0.1) is 0 Å². The number of aliphatic hydroxyl groups is 1. The molecule has 0 radical (unpaired) electrons. The molecule has 2 atom stereocenters. The largest absolute Gasteiger partial charge is 0.497 e. The summed E-state index contributed by atoms with van der Waals surface area (Å²) in [6, 6.07) is 8.20. The Bertz CT molecular complexity index is 323. The van der Waals surface area contributed by atoms with Crippen LogP contribution in [-0.4, -0.2) is 24.4 Å². The Morgan fingerprint density at radius 2 is 1.72 bits per heavy atom. The zero-order valence-electron chi connectivity index (χ0n) is 11.8. The van der Waals surface area contributed by atoms with Gasteiger partial charge < -0.3 is 15.2 Å². The zero-order valence-corrected chi connectivity index (χ0v) is 11.8. The monoisotopic (exact) mass is 251 g/mol. The number of nitrogens with one attached hydrogen (secondary N) is 1. The van der Waals surface area contributed by atoms with E-state index in [0.29, 0.717) is 12.0 Å². The van der Waals surface area contributed by atoms with Gasteiger partial charge in [-0.05, 0) is 49.9 Å². The van der Waals surface area contributed by atoms with Gasteiger partial charge in [-0.3, -0.25) is 0 Å². The normalized spacial score (nSPS) is 14.3. The fourth-order valence-electron chi connectivity index (χ4n) is 2.12. The first-order valence-corrected chi connectivity index (χ1v) is 6.60. The third-order valence-corrected chi connectivity index (χ3v) is 2.84. The van der Waals surface area contributed by atoms with Crippen molar-refractivity contribution in [1.82, 2.24) is 0 Å². The van der Waals surface area contributed by atoms with Crippen molar-refractivity contribution in [2.75, 3.05) is 12.4 Å². The molecule has 0 saturated heterocycles. The van der Waals surface area contributed by atoms with Crippen LogP contribution in [0.25, 0.3) is 0 Å². The summed E-state index contributed by atoms with van der Waals surface area (Å²) in [6.45, 7) is 6.23. The van der Waals surface area contributed by atoms with Crippen LogP contribution in [0.5, 0.6) is 5.75 Å². The van der Waals surface area contributed by atoms with Crippen molar-refractivity contribution in [2.24, 2.45) is 5.92 Å². The van der Waals surface area contributed by atoms with Gasteiger partial charge in [0.25, 0.3) is 0 Å². The highest BCUT2D eigenvalue weighted by Gasteiger charge is 2.13. The van der Waals surface area contributed by atoms with Crippen molar-refractivity contribution < 1.29 is 9.84 Å². The van der Waals surface area contributed by atoms with E-state index in [1.54, 1.807) is 7.11 Å². The highest BCUT2D eigenvalue weighted by molar-refractivity contribution is 5.47. The molecule has 0 aromatic heterocycles. The molecule has 0 unspecified atom stereocenters. The van der Waals surface area contributed by atoms with E-state index in [9.17, 15) is 5.11 Å². The summed E-state index contributed by atoms with van der Waals surface area (Å²) in [7, 11) is 1.66. The molecule has 0 fully saturated rings. The van der Waals surface area contributed by atoms with Crippen molar-refractivity contribution in [1.29, 1.82) is 0 Å². The molecule has 2 N–H and O–H groups in total. The molecule has 0 aliphatic rings. The molecule has 0 bridgehead atoms. The van der Waals surface area contributed by atoms with Crippen molar-refractivity contribution in [2.45, 2.75) is 45.8 Å². The number of ether oxygens (including phenoxy) is 1. The van der Waals surface area contributed by atoms with Crippen molar-refractivity contribution in [3.05, 3.63) is 24.3 Å². The number of methoxy groups -OCH3 is 1. The zero-order chi connectivity index (χ0) is 13.5. The Hall–Kier alpha value is -1.22. The first-order chi connectivity index (χ1) is 8.51. The number of benzene rings is 1. The lowest BCUT2D eigenvalue weighted by Crippen LogP contribution is -2.25. The molecule has 0 aliphatic carbocycles. The van der Waals surface area contributed by atoms with Crippen LogP contribution in [0.1, 0.15) is 33.6 Å². The molecule has 3 nitrogen and oxygen atoms in total. The van der Waals surface area contributed by atoms with Crippen LogP contribution < -0.4 is 10.1 Å².